The number of benzene rings is 1. The van der Waals surface area contributed by atoms with Crippen LogP contribution < -0.4 is 61.6 Å². The molecule has 0 radical (unpaired) electrons. The van der Waals surface area contributed by atoms with E-state index in [2.05, 4.69) is 0 Å². The van der Waals surface area contributed by atoms with Gasteiger partial charge in [-0.1, -0.05) is 18.1 Å². The van der Waals surface area contributed by atoms with Crippen molar-refractivity contribution in [3.63, 3.8) is 0 Å². The monoisotopic (exact) mass is 282 g/mol. The van der Waals surface area contributed by atoms with Gasteiger partial charge in [0.15, 0.2) is 0 Å². The van der Waals surface area contributed by atoms with Crippen LogP contribution in [0, 0.1) is 12.8 Å². The Hall–Kier alpha value is 0.511. The van der Waals surface area contributed by atoms with Crippen molar-refractivity contribution in [2.75, 3.05) is 6.61 Å². The summed E-state index contributed by atoms with van der Waals surface area (Å²) < 4.78 is 43.2. The summed E-state index contributed by atoms with van der Waals surface area (Å²) in [5.41, 5.74) is -0.287. The van der Waals surface area contributed by atoms with Crippen LogP contribution in [0.25, 0.3) is 0 Å². The fourth-order valence-electron chi connectivity index (χ4n) is 1.98. The van der Waals surface area contributed by atoms with Gasteiger partial charge in [0, 0.05) is 0 Å². The van der Waals surface area contributed by atoms with Crippen LogP contribution in [0.1, 0.15) is 24.8 Å². The molecule has 1 nitrogen and oxygen atoms in total. The van der Waals surface area contributed by atoms with E-state index in [9.17, 15) is 12.9 Å². The maximum Gasteiger partial charge on any atom is 1.00 e. The van der Waals surface area contributed by atoms with Gasteiger partial charge in [-0.15, -0.1) is 5.46 Å². The van der Waals surface area contributed by atoms with Gasteiger partial charge in [0.05, 0.1) is 6.61 Å². The molecule has 1 aliphatic carbocycles. The van der Waals surface area contributed by atoms with Gasteiger partial charge in [0.1, 0.15) is 5.75 Å². The Morgan fingerprint density at radius 3 is 2.39 bits per heavy atom. The van der Waals surface area contributed by atoms with Gasteiger partial charge in [-0.2, -0.15) is 0 Å². The zero-order chi connectivity index (χ0) is 12.5. The SMILES string of the molecule is Cc1cc(OCC2CCC2)ccc1[B-](F)(F)F.[K+]. The molecule has 1 saturated carbocycles. The van der Waals surface area contributed by atoms with Crippen LogP contribution in [0.2, 0.25) is 0 Å². The molecule has 1 aromatic rings. The molecule has 0 amide bonds. The van der Waals surface area contributed by atoms with Crippen LogP contribution in [-0.4, -0.2) is 13.6 Å². The number of hydrogen-bond donors (Lipinski definition) is 0. The van der Waals surface area contributed by atoms with Crippen molar-refractivity contribution < 1.29 is 69.1 Å². The quantitative estimate of drug-likeness (QED) is 0.719. The van der Waals surface area contributed by atoms with E-state index >= 15 is 0 Å². The van der Waals surface area contributed by atoms with Crippen molar-refractivity contribution in [1.29, 1.82) is 0 Å². The third-order valence-electron chi connectivity index (χ3n) is 3.30. The Kier molecular flexibility index (Phi) is 6.25. The van der Waals surface area contributed by atoms with Gasteiger partial charge in [0.2, 0.25) is 0 Å². The molecule has 1 aliphatic rings. The summed E-state index contributed by atoms with van der Waals surface area (Å²) in [5.74, 6) is 1.13. The summed E-state index contributed by atoms with van der Waals surface area (Å²) in [6.45, 7) is -2.82. The number of aryl methyl sites for hydroxylation is 1. The average molecular weight is 282 g/mol. The zero-order valence-corrected chi connectivity index (χ0v) is 13.9. The minimum Gasteiger partial charge on any atom is -0.493 e. The van der Waals surface area contributed by atoms with E-state index in [-0.39, 0.29) is 56.9 Å². The van der Waals surface area contributed by atoms with Gasteiger partial charge >= 0.3 is 58.4 Å². The molecule has 0 unspecified atom stereocenters. The summed E-state index contributed by atoms with van der Waals surface area (Å²) in [7, 11) is 0. The van der Waals surface area contributed by atoms with Crippen LogP contribution in [0.15, 0.2) is 18.2 Å². The molecule has 0 bridgehead atoms. The average Bonchev–Trinajstić information content (AvgIpc) is 2.13. The Labute approximate surface area is 148 Å². The molecule has 0 aromatic heterocycles. The molecule has 0 saturated heterocycles. The first-order chi connectivity index (χ1) is 7.97. The molecule has 6 heteroatoms. The van der Waals surface area contributed by atoms with Crippen LogP contribution in [0.3, 0.4) is 0 Å². The summed E-state index contributed by atoms with van der Waals surface area (Å²) in [6, 6.07) is 4.00. The van der Waals surface area contributed by atoms with Crippen molar-refractivity contribution in [3.8, 4) is 5.75 Å². The number of halogens is 3. The first kappa shape index (κ1) is 16.6. The van der Waals surface area contributed by atoms with Crippen LogP contribution >= 0.6 is 0 Å². The molecule has 0 spiro atoms. The number of ether oxygens (including phenoxy) is 1. The van der Waals surface area contributed by atoms with Gasteiger partial charge in [-0.3, -0.25) is 0 Å². The molecule has 0 atom stereocenters. The molecular formula is C12H15BF3KO. The Bertz CT molecular complexity index is 405. The van der Waals surface area contributed by atoms with Crippen molar-refractivity contribution in [1.82, 2.24) is 0 Å². The van der Waals surface area contributed by atoms with E-state index in [0.717, 1.165) is 6.07 Å². The fraction of sp³-hybridized carbons (Fsp3) is 0.500. The number of hydrogen-bond acceptors (Lipinski definition) is 1. The Morgan fingerprint density at radius 1 is 1.28 bits per heavy atom. The third-order valence-corrected chi connectivity index (χ3v) is 3.30. The second-order valence-corrected chi connectivity index (χ2v) is 4.70. The van der Waals surface area contributed by atoms with Gasteiger partial charge in [-0.25, -0.2) is 0 Å². The Morgan fingerprint density at radius 2 is 1.94 bits per heavy atom. The first-order valence-electron chi connectivity index (χ1n) is 5.90. The van der Waals surface area contributed by atoms with E-state index in [0.29, 0.717) is 18.3 Å². The predicted molar refractivity (Wildman–Crippen MR) is 62.7 cm³/mol. The summed E-state index contributed by atoms with van der Waals surface area (Å²) in [4.78, 5) is 0. The van der Waals surface area contributed by atoms with Gasteiger partial charge in [0.25, 0.3) is 0 Å². The van der Waals surface area contributed by atoms with E-state index in [1.807, 2.05) is 0 Å². The van der Waals surface area contributed by atoms with Crippen LogP contribution in [-0.2, 0) is 0 Å². The zero-order valence-electron chi connectivity index (χ0n) is 10.8. The topological polar surface area (TPSA) is 9.23 Å². The van der Waals surface area contributed by atoms with E-state index < -0.39 is 12.4 Å². The van der Waals surface area contributed by atoms with Crippen LogP contribution in [0.5, 0.6) is 5.75 Å². The molecule has 1 aromatic carbocycles. The Balaban J connectivity index is 0.00000162. The maximum absolute atomic E-state index is 12.6. The van der Waals surface area contributed by atoms with Crippen molar-refractivity contribution in [3.05, 3.63) is 23.8 Å². The fourth-order valence-corrected chi connectivity index (χ4v) is 1.98. The van der Waals surface area contributed by atoms with Crippen LogP contribution in [0.4, 0.5) is 12.9 Å². The van der Waals surface area contributed by atoms with Gasteiger partial charge in [-0.05, 0) is 37.8 Å². The maximum atomic E-state index is 12.6. The largest absolute Gasteiger partial charge is 1.00 e. The summed E-state index contributed by atoms with van der Waals surface area (Å²) in [5, 5.41) is 0. The van der Waals surface area contributed by atoms with E-state index in [4.69, 9.17) is 4.74 Å². The van der Waals surface area contributed by atoms with Crippen molar-refractivity contribution in [2.24, 2.45) is 5.92 Å². The third kappa shape index (κ3) is 4.27. The molecule has 2 rings (SSSR count). The molecule has 1 fully saturated rings. The van der Waals surface area contributed by atoms with E-state index in [1.54, 1.807) is 0 Å². The minimum absolute atomic E-state index is 0. The summed E-state index contributed by atoms with van der Waals surface area (Å²) >= 11 is 0. The molecular weight excluding hydrogens is 267 g/mol. The first-order valence-corrected chi connectivity index (χ1v) is 5.90. The molecule has 18 heavy (non-hydrogen) atoms. The molecule has 0 heterocycles. The second-order valence-electron chi connectivity index (χ2n) is 4.70. The van der Waals surface area contributed by atoms with Gasteiger partial charge < -0.3 is 17.7 Å². The smallest absolute Gasteiger partial charge is 0.493 e. The number of rotatable bonds is 4. The van der Waals surface area contributed by atoms with E-state index in [1.165, 1.54) is 38.3 Å². The molecule has 0 N–H and O–H groups in total. The summed E-state index contributed by atoms with van der Waals surface area (Å²) in [6.07, 6.45) is 3.58. The van der Waals surface area contributed by atoms with Crippen molar-refractivity contribution in [2.45, 2.75) is 26.2 Å². The molecule has 0 aliphatic heterocycles. The van der Waals surface area contributed by atoms with Crippen molar-refractivity contribution >= 4 is 12.4 Å². The minimum atomic E-state index is -4.92. The molecule has 94 valence electrons. The standard InChI is InChI=1S/C12H15BF3O.K/c1-9-7-11(17-8-10-3-2-4-10)5-6-12(9)13(14,15)16;/h5-7,10H,2-4,8H2,1H3;/q-1;+1. The normalized spacial score (nSPS) is 15.8. The predicted octanol–water partition coefficient (Wildman–Crippen LogP) is 0.232. The second kappa shape index (κ2) is 6.79.